The second-order valence-corrected chi connectivity index (χ2v) is 6.98. The normalized spacial score (nSPS) is 14.5. The minimum Gasteiger partial charge on any atom is -0.465 e. The molecule has 0 atom stereocenters. The standard InChI is InChI=1S/C21H24N6O2/c1-16-4-6-18(29-16)15-25-19-7-5-17(14-24-19)20(28)26-10-3-11-27(13-12-26)21-22-8-2-9-23-21/h2,4-9,14H,3,10-13,15H2,1H3,(H,24,25). The van der Waals surface area contributed by atoms with Crippen molar-refractivity contribution in [2.45, 2.75) is 19.9 Å². The monoisotopic (exact) mass is 392 g/mol. The van der Waals surface area contributed by atoms with Crippen molar-refractivity contribution >= 4 is 17.7 Å². The quantitative estimate of drug-likeness (QED) is 0.714. The Hall–Kier alpha value is -3.42. The molecule has 0 spiro atoms. The maximum atomic E-state index is 12.9. The van der Waals surface area contributed by atoms with Gasteiger partial charge >= 0.3 is 0 Å². The Morgan fingerprint density at radius 2 is 1.93 bits per heavy atom. The predicted molar refractivity (Wildman–Crippen MR) is 110 cm³/mol. The van der Waals surface area contributed by atoms with Crippen molar-refractivity contribution in [2.24, 2.45) is 0 Å². The summed E-state index contributed by atoms with van der Waals surface area (Å²) in [6, 6.07) is 9.30. The van der Waals surface area contributed by atoms with Gasteiger partial charge in [-0.3, -0.25) is 4.79 Å². The van der Waals surface area contributed by atoms with E-state index in [4.69, 9.17) is 4.42 Å². The van der Waals surface area contributed by atoms with Crippen molar-refractivity contribution in [1.29, 1.82) is 0 Å². The molecule has 0 unspecified atom stereocenters. The van der Waals surface area contributed by atoms with Gasteiger partial charge in [0, 0.05) is 44.8 Å². The number of anilines is 2. The van der Waals surface area contributed by atoms with Crippen molar-refractivity contribution in [2.75, 3.05) is 36.4 Å². The molecule has 4 heterocycles. The summed E-state index contributed by atoms with van der Waals surface area (Å²) < 4.78 is 5.54. The summed E-state index contributed by atoms with van der Waals surface area (Å²) in [6.07, 6.45) is 5.98. The largest absolute Gasteiger partial charge is 0.465 e. The number of nitrogens with zero attached hydrogens (tertiary/aromatic N) is 5. The third-order valence-electron chi connectivity index (χ3n) is 4.87. The van der Waals surface area contributed by atoms with Crippen LogP contribution in [0.15, 0.2) is 53.3 Å². The Labute approximate surface area is 169 Å². The maximum absolute atomic E-state index is 12.9. The summed E-state index contributed by atoms with van der Waals surface area (Å²) in [7, 11) is 0. The molecule has 1 saturated heterocycles. The average molecular weight is 392 g/mol. The molecular weight excluding hydrogens is 368 g/mol. The summed E-state index contributed by atoms with van der Waals surface area (Å²) in [6.45, 7) is 5.36. The molecular formula is C21H24N6O2. The van der Waals surface area contributed by atoms with Gasteiger partial charge < -0.3 is 19.5 Å². The fraction of sp³-hybridized carbons (Fsp3) is 0.333. The van der Waals surface area contributed by atoms with Crippen molar-refractivity contribution in [3.63, 3.8) is 0 Å². The highest BCUT2D eigenvalue weighted by molar-refractivity contribution is 5.94. The van der Waals surface area contributed by atoms with E-state index in [2.05, 4.69) is 25.2 Å². The molecule has 150 valence electrons. The summed E-state index contributed by atoms with van der Waals surface area (Å²) in [5.74, 6) is 3.15. The molecule has 3 aromatic rings. The molecule has 1 N–H and O–H groups in total. The zero-order valence-electron chi connectivity index (χ0n) is 16.4. The lowest BCUT2D eigenvalue weighted by Gasteiger charge is -2.22. The van der Waals surface area contributed by atoms with Gasteiger partial charge in [-0.15, -0.1) is 0 Å². The van der Waals surface area contributed by atoms with Crippen molar-refractivity contribution in [3.8, 4) is 0 Å². The highest BCUT2D eigenvalue weighted by atomic mass is 16.3. The van der Waals surface area contributed by atoms with Gasteiger partial charge in [0.2, 0.25) is 5.95 Å². The first kappa shape index (κ1) is 18.9. The zero-order valence-corrected chi connectivity index (χ0v) is 16.4. The minimum atomic E-state index is 0.00143. The molecule has 1 aliphatic heterocycles. The van der Waals surface area contributed by atoms with Crippen LogP contribution in [-0.4, -0.2) is 51.9 Å². The van der Waals surface area contributed by atoms with E-state index in [1.165, 1.54) is 0 Å². The van der Waals surface area contributed by atoms with E-state index in [1.54, 1.807) is 24.7 Å². The van der Waals surface area contributed by atoms with Gasteiger partial charge in [0.1, 0.15) is 17.3 Å². The Kier molecular flexibility index (Phi) is 5.69. The Bertz CT molecular complexity index is 941. The van der Waals surface area contributed by atoms with Crippen molar-refractivity contribution in [1.82, 2.24) is 19.9 Å². The van der Waals surface area contributed by atoms with Gasteiger partial charge in [-0.1, -0.05) is 0 Å². The number of carbonyl (C=O) groups excluding carboxylic acids is 1. The molecule has 29 heavy (non-hydrogen) atoms. The molecule has 0 radical (unpaired) electrons. The SMILES string of the molecule is Cc1ccc(CNc2ccc(C(=O)N3CCCN(c4ncccn4)CC3)cn2)o1. The summed E-state index contributed by atoms with van der Waals surface area (Å²) >= 11 is 0. The summed E-state index contributed by atoms with van der Waals surface area (Å²) in [5.41, 5.74) is 0.591. The van der Waals surface area contributed by atoms with Crippen LogP contribution in [0.2, 0.25) is 0 Å². The predicted octanol–water partition coefficient (Wildman–Crippen LogP) is 2.74. The number of carbonyl (C=O) groups is 1. The van der Waals surface area contributed by atoms with Crippen LogP contribution in [0, 0.1) is 6.92 Å². The zero-order chi connectivity index (χ0) is 20.1. The van der Waals surface area contributed by atoms with Crippen LogP contribution < -0.4 is 10.2 Å². The molecule has 0 saturated carbocycles. The second kappa shape index (κ2) is 8.72. The Morgan fingerprint density at radius 3 is 2.66 bits per heavy atom. The number of furan rings is 1. The van der Waals surface area contributed by atoms with Gasteiger partial charge in [-0.25, -0.2) is 15.0 Å². The number of pyridine rings is 1. The molecule has 8 heteroatoms. The Balaban J connectivity index is 1.34. The van der Waals surface area contributed by atoms with E-state index in [-0.39, 0.29) is 5.91 Å². The topological polar surface area (TPSA) is 87.4 Å². The number of hydrogen-bond donors (Lipinski definition) is 1. The number of amides is 1. The average Bonchev–Trinajstić information content (AvgIpc) is 3.03. The molecule has 0 bridgehead atoms. The van der Waals surface area contributed by atoms with Crippen LogP contribution in [0.1, 0.15) is 28.3 Å². The number of rotatable bonds is 5. The first-order chi connectivity index (χ1) is 14.2. The first-order valence-electron chi connectivity index (χ1n) is 9.75. The number of hydrogen-bond acceptors (Lipinski definition) is 7. The van der Waals surface area contributed by atoms with E-state index in [1.807, 2.05) is 36.1 Å². The van der Waals surface area contributed by atoms with Crippen LogP contribution in [0.4, 0.5) is 11.8 Å². The van der Waals surface area contributed by atoms with Gasteiger partial charge in [0.25, 0.3) is 5.91 Å². The number of aromatic nitrogens is 3. The number of nitrogens with one attached hydrogen (secondary N) is 1. The van der Waals surface area contributed by atoms with Gasteiger partial charge in [-0.2, -0.15) is 0 Å². The van der Waals surface area contributed by atoms with E-state index >= 15 is 0 Å². The smallest absolute Gasteiger partial charge is 0.255 e. The van der Waals surface area contributed by atoms with Gasteiger partial charge in [0.15, 0.2) is 0 Å². The third-order valence-corrected chi connectivity index (χ3v) is 4.87. The minimum absolute atomic E-state index is 0.00143. The van der Waals surface area contributed by atoms with Crippen LogP contribution in [-0.2, 0) is 6.54 Å². The lowest BCUT2D eigenvalue weighted by molar-refractivity contribution is 0.0766. The van der Waals surface area contributed by atoms with Crippen LogP contribution in [0.3, 0.4) is 0 Å². The van der Waals surface area contributed by atoms with Gasteiger partial charge in [-0.05, 0) is 43.7 Å². The second-order valence-electron chi connectivity index (χ2n) is 6.98. The fourth-order valence-corrected chi connectivity index (χ4v) is 3.34. The molecule has 0 aromatic carbocycles. The van der Waals surface area contributed by atoms with E-state index < -0.39 is 0 Å². The molecule has 1 amide bonds. The van der Waals surface area contributed by atoms with Crippen molar-refractivity contribution in [3.05, 3.63) is 66.0 Å². The summed E-state index contributed by atoms with van der Waals surface area (Å²) in [5, 5.41) is 3.20. The van der Waals surface area contributed by atoms with Crippen LogP contribution >= 0.6 is 0 Å². The summed E-state index contributed by atoms with van der Waals surface area (Å²) in [4.78, 5) is 29.9. The van der Waals surface area contributed by atoms with Crippen LogP contribution in [0.5, 0.6) is 0 Å². The Morgan fingerprint density at radius 1 is 1.07 bits per heavy atom. The lowest BCUT2D eigenvalue weighted by atomic mass is 10.2. The fourth-order valence-electron chi connectivity index (χ4n) is 3.34. The lowest BCUT2D eigenvalue weighted by Crippen LogP contribution is -2.35. The maximum Gasteiger partial charge on any atom is 0.255 e. The molecule has 4 rings (SSSR count). The third kappa shape index (κ3) is 4.71. The molecule has 8 nitrogen and oxygen atoms in total. The van der Waals surface area contributed by atoms with Crippen LogP contribution in [0.25, 0.3) is 0 Å². The molecule has 0 aliphatic carbocycles. The number of aryl methyl sites for hydroxylation is 1. The first-order valence-corrected chi connectivity index (χ1v) is 9.75. The van der Waals surface area contributed by atoms with Gasteiger partial charge in [0.05, 0.1) is 12.1 Å². The molecule has 3 aromatic heterocycles. The highest BCUT2D eigenvalue weighted by Gasteiger charge is 2.21. The van der Waals surface area contributed by atoms with E-state index in [9.17, 15) is 4.79 Å². The van der Waals surface area contributed by atoms with E-state index in [0.29, 0.717) is 43.5 Å². The highest BCUT2D eigenvalue weighted by Crippen LogP contribution is 2.14. The van der Waals surface area contributed by atoms with Crippen molar-refractivity contribution < 1.29 is 9.21 Å². The molecule has 1 aliphatic rings. The van der Waals surface area contributed by atoms with E-state index in [0.717, 1.165) is 24.5 Å². The molecule has 1 fully saturated rings.